The summed E-state index contributed by atoms with van der Waals surface area (Å²) >= 11 is 0. The van der Waals surface area contributed by atoms with E-state index in [1.165, 1.54) is 0 Å². The predicted octanol–water partition coefficient (Wildman–Crippen LogP) is -0.00510. The molecule has 2 amide bonds. The summed E-state index contributed by atoms with van der Waals surface area (Å²) in [5.74, 6) is -3.88. The average Bonchev–Trinajstić information content (AvgIpc) is 2.55. The first-order valence-electron chi connectivity index (χ1n) is 5.18. The lowest BCUT2D eigenvalue weighted by Gasteiger charge is -2.01. The van der Waals surface area contributed by atoms with Crippen LogP contribution in [0.5, 0.6) is 0 Å². The molecule has 1 atom stereocenters. The minimum Gasteiger partial charge on any atom is -0.473 e. The van der Waals surface area contributed by atoms with Crippen molar-refractivity contribution >= 4 is 23.8 Å². The van der Waals surface area contributed by atoms with E-state index in [4.69, 9.17) is 19.8 Å². The largest absolute Gasteiger partial charge is 0.473 e. The molecule has 0 aromatic rings. The Hall–Kier alpha value is -1.92. The topological polar surface area (TPSA) is 121 Å². The zero-order valence-corrected chi connectivity index (χ0v) is 9.43. The summed E-state index contributed by atoms with van der Waals surface area (Å²) in [7, 11) is 0. The molecule has 1 unspecified atom stereocenters. The van der Waals surface area contributed by atoms with Crippen molar-refractivity contribution in [2.45, 2.75) is 32.6 Å². The van der Waals surface area contributed by atoms with E-state index in [9.17, 15) is 9.59 Å². The molecular weight excluding hydrogens is 230 g/mol. The highest BCUT2D eigenvalue weighted by Crippen LogP contribution is 2.17. The Kier molecular flexibility index (Phi) is 6.54. The van der Waals surface area contributed by atoms with Crippen LogP contribution in [-0.4, -0.2) is 34.0 Å². The summed E-state index contributed by atoms with van der Waals surface area (Å²) in [4.78, 5) is 39.9. The molecule has 0 spiro atoms. The van der Waals surface area contributed by atoms with Gasteiger partial charge in [-0.25, -0.2) is 9.59 Å². The molecule has 1 fully saturated rings. The molecule has 0 aromatic carbocycles. The molecule has 96 valence electrons. The molecule has 0 aliphatic carbocycles. The summed E-state index contributed by atoms with van der Waals surface area (Å²) in [5.41, 5.74) is 0. The number of hydrogen-bond donors (Lipinski definition) is 3. The summed E-state index contributed by atoms with van der Waals surface area (Å²) < 4.78 is 0. The molecule has 0 aromatic heterocycles. The Bertz CT molecular complexity index is 313. The Morgan fingerprint density at radius 2 is 1.82 bits per heavy atom. The number of carbonyl (C=O) groups is 4. The second kappa shape index (κ2) is 7.37. The van der Waals surface area contributed by atoms with Crippen LogP contribution >= 0.6 is 0 Å². The van der Waals surface area contributed by atoms with Gasteiger partial charge in [0.2, 0.25) is 11.8 Å². The van der Waals surface area contributed by atoms with Crippen molar-refractivity contribution in [2.24, 2.45) is 5.92 Å². The number of carbonyl (C=O) groups excluding carboxylic acids is 2. The van der Waals surface area contributed by atoms with Crippen LogP contribution in [0.3, 0.4) is 0 Å². The number of amides is 2. The summed E-state index contributed by atoms with van der Waals surface area (Å²) in [6.07, 6.45) is 3.37. The van der Waals surface area contributed by atoms with Crippen LogP contribution in [0.2, 0.25) is 0 Å². The van der Waals surface area contributed by atoms with Crippen LogP contribution in [0.4, 0.5) is 0 Å². The number of carboxylic acids is 2. The fraction of sp³-hybridized carbons (Fsp3) is 0.600. The zero-order chi connectivity index (χ0) is 13.4. The third kappa shape index (κ3) is 6.29. The van der Waals surface area contributed by atoms with Crippen molar-refractivity contribution in [1.82, 2.24) is 5.32 Å². The van der Waals surface area contributed by atoms with Crippen LogP contribution in [-0.2, 0) is 19.2 Å². The maximum Gasteiger partial charge on any atom is 0.414 e. The Labute approximate surface area is 97.8 Å². The Morgan fingerprint density at radius 3 is 2.12 bits per heavy atom. The maximum atomic E-state index is 11.0. The molecule has 1 saturated heterocycles. The number of aliphatic carboxylic acids is 2. The van der Waals surface area contributed by atoms with E-state index >= 15 is 0 Å². The predicted molar refractivity (Wildman–Crippen MR) is 56.1 cm³/mol. The van der Waals surface area contributed by atoms with Gasteiger partial charge < -0.3 is 10.2 Å². The Balaban J connectivity index is 0.000000366. The zero-order valence-electron chi connectivity index (χ0n) is 9.43. The van der Waals surface area contributed by atoms with Crippen LogP contribution in [0.25, 0.3) is 0 Å². The average molecular weight is 245 g/mol. The summed E-state index contributed by atoms with van der Waals surface area (Å²) in [5, 5.41) is 17.1. The van der Waals surface area contributed by atoms with Gasteiger partial charge in [0.25, 0.3) is 0 Å². The van der Waals surface area contributed by atoms with Gasteiger partial charge in [-0.1, -0.05) is 19.8 Å². The van der Waals surface area contributed by atoms with Gasteiger partial charge in [0.15, 0.2) is 0 Å². The van der Waals surface area contributed by atoms with Gasteiger partial charge >= 0.3 is 11.9 Å². The highest BCUT2D eigenvalue weighted by molar-refractivity contribution is 6.27. The van der Waals surface area contributed by atoms with Crippen LogP contribution in [0, 0.1) is 5.92 Å². The third-order valence-corrected chi connectivity index (χ3v) is 2.15. The number of hydrogen-bond acceptors (Lipinski definition) is 4. The lowest BCUT2D eigenvalue weighted by Crippen LogP contribution is -2.21. The minimum absolute atomic E-state index is 0.0394. The molecule has 3 N–H and O–H groups in total. The highest BCUT2D eigenvalue weighted by atomic mass is 16.4. The lowest BCUT2D eigenvalue weighted by molar-refractivity contribution is -0.159. The van der Waals surface area contributed by atoms with E-state index in [-0.39, 0.29) is 17.7 Å². The molecule has 1 heterocycles. The Morgan fingerprint density at radius 1 is 1.29 bits per heavy atom. The number of nitrogens with one attached hydrogen (secondary N) is 1. The van der Waals surface area contributed by atoms with E-state index in [0.29, 0.717) is 6.42 Å². The van der Waals surface area contributed by atoms with Crippen LogP contribution in [0.15, 0.2) is 0 Å². The van der Waals surface area contributed by atoms with Gasteiger partial charge in [-0.3, -0.25) is 14.9 Å². The van der Waals surface area contributed by atoms with Crippen molar-refractivity contribution in [3.05, 3.63) is 0 Å². The number of rotatable bonds is 3. The molecule has 0 radical (unpaired) electrons. The molecule has 0 saturated carbocycles. The first-order valence-corrected chi connectivity index (χ1v) is 5.18. The lowest BCUT2D eigenvalue weighted by atomic mass is 10.0. The minimum atomic E-state index is -1.82. The molecule has 1 rings (SSSR count). The molecule has 0 bridgehead atoms. The molecule has 1 aliphatic heterocycles. The molecule has 7 nitrogen and oxygen atoms in total. The third-order valence-electron chi connectivity index (χ3n) is 2.15. The van der Waals surface area contributed by atoms with Crippen LogP contribution in [0.1, 0.15) is 32.6 Å². The molecule has 1 aliphatic rings. The normalized spacial score (nSPS) is 18.1. The first-order chi connectivity index (χ1) is 7.88. The summed E-state index contributed by atoms with van der Waals surface area (Å²) in [6, 6.07) is 0. The van der Waals surface area contributed by atoms with E-state index in [1.807, 2.05) is 0 Å². The van der Waals surface area contributed by atoms with Gasteiger partial charge in [-0.05, 0) is 6.42 Å². The molecule has 7 heteroatoms. The fourth-order valence-corrected chi connectivity index (χ4v) is 1.29. The monoisotopic (exact) mass is 245 g/mol. The maximum absolute atomic E-state index is 11.0. The van der Waals surface area contributed by atoms with E-state index in [2.05, 4.69) is 12.2 Å². The molecule has 17 heavy (non-hydrogen) atoms. The van der Waals surface area contributed by atoms with Crippen molar-refractivity contribution in [2.75, 3.05) is 0 Å². The number of unbranched alkanes of at least 4 members (excludes halogenated alkanes) is 1. The highest BCUT2D eigenvalue weighted by Gasteiger charge is 2.29. The van der Waals surface area contributed by atoms with Gasteiger partial charge in [0.1, 0.15) is 0 Å². The standard InChI is InChI=1S/C8H13NO2.C2H2O4/c1-2-3-4-6-5-7(10)9-8(6)11;3-1(4)2(5)6/h6H,2-5H2,1H3,(H,9,10,11);(H,3,4)(H,5,6). The van der Waals surface area contributed by atoms with Gasteiger partial charge in [-0.15, -0.1) is 0 Å². The van der Waals surface area contributed by atoms with E-state index < -0.39 is 11.9 Å². The number of imide groups is 1. The quantitative estimate of drug-likeness (QED) is 0.475. The first kappa shape index (κ1) is 15.1. The van der Waals surface area contributed by atoms with Gasteiger partial charge in [0, 0.05) is 12.3 Å². The van der Waals surface area contributed by atoms with E-state index in [1.54, 1.807) is 0 Å². The van der Waals surface area contributed by atoms with Crippen molar-refractivity contribution in [1.29, 1.82) is 0 Å². The summed E-state index contributed by atoms with van der Waals surface area (Å²) in [6.45, 7) is 2.08. The van der Waals surface area contributed by atoms with Gasteiger partial charge in [-0.2, -0.15) is 0 Å². The number of carboxylic acid groups (broad SMARTS) is 2. The second-order valence-corrected chi connectivity index (χ2v) is 3.57. The van der Waals surface area contributed by atoms with Crippen LogP contribution < -0.4 is 5.32 Å². The fourth-order valence-electron chi connectivity index (χ4n) is 1.29. The van der Waals surface area contributed by atoms with Crippen molar-refractivity contribution < 1.29 is 29.4 Å². The molecular formula is C10H15NO6. The second-order valence-electron chi connectivity index (χ2n) is 3.57. The van der Waals surface area contributed by atoms with Gasteiger partial charge in [0.05, 0.1) is 0 Å². The smallest absolute Gasteiger partial charge is 0.414 e. The SMILES string of the molecule is CCCCC1CC(=O)NC1=O.O=C(O)C(=O)O. The van der Waals surface area contributed by atoms with Crippen molar-refractivity contribution in [3.63, 3.8) is 0 Å². The van der Waals surface area contributed by atoms with E-state index in [0.717, 1.165) is 19.3 Å². The van der Waals surface area contributed by atoms with Crippen molar-refractivity contribution in [3.8, 4) is 0 Å².